The lowest BCUT2D eigenvalue weighted by atomic mass is 9.86. The third-order valence-electron chi connectivity index (χ3n) is 3.50. The highest BCUT2D eigenvalue weighted by molar-refractivity contribution is 7.99. The molecule has 2 nitrogen and oxygen atoms in total. The van der Waals surface area contributed by atoms with Crippen molar-refractivity contribution in [2.45, 2.75) is 45.6 Å². The fourth-order valence-corrected chi connectivity index (χ4v) is 3.00. The van der Waals surface area contributed by atoms with Crippen LogP contribution in [0.15, 0.2) is 0 Å². The van der Waals surface area contributed by atoms with Crippen LogP contribution in [0, 0.1) is 5.41 Å². The van der Waals surface area contributed by atoms with Crippen LogP contribution in [0.3, 0.4) is 0 Å². The highest BCUT2D eigenvalue weighted by Crippen LogP contribution is 2.37. The molecule has 0 heterocycles. The van der Waals surface area contributed by atoms with Crippen LogP contribution < -0.4 is 5.32 Å². The van der Waals surface area contributed by atoms with E-state index in [1.54, 1.807) is 0 Å². The highest BCUT2D eigenvalue weighted by Gasteiger charge is 2.37. The van der Waals surface area contributed by atoms with Gasteiger partial charge in [-0.25, -0.2) is 0 Å². The maximum atomic E-state index is 9.39. The summed E-state index contributed by atoms with van der Waals surface area (Å²) >= 11 is 2.01. The number of thioether (sulfide) groups is 1. The molecule has 0 radical (unpaired) electrons. The molecule has 0 aliphatic heterocycles. The van der Waals surface area contributed by atoms with Gasteiger partial charge in [-0.05, 0) is 37.3 Å². The Kier molecular flexibility index (Phi) is 6.02. The van der Waals surface area contributed by atoms with E-state index in [-0.39, 0.29) is 5.41 Å². The van der Waals surface area contributed by atoms with E-state index >= 15 is 0 Å². The van der Waals surface area contributed by atoms with E-state index < -0.39 is 0 Å². The predicted octanol–water partition coefficient (Wildman–Crippen LogP) is 2.27. The van der Waals surface area contributed by atoms with Crippen molar-refractivity contribution in [2.24, 2.45) is 5.41 Å². The first-order valence-electron chi connectivity index (χ1n) is 6.15. The Balaban J connectivity index is 2.15. The Labute approximate surface area is 98.2 Å². The first-order valence-corrected chi connectivity index (χ1v) is 7.30. The summed E-state index contributed by atoms with van der Waals surface area (Å²) in [5.41, 5.74) is 0.137. The van der Waals surface area contributed by atoms with Gasteiger partial charge in [0.2, 0.25) is 0 Å². The molecule has 2 atom stereocenters. The van der Waals surface area contributed by atoms with Crippen molar-refractivity contribution in [3.05, 3.63) is 0 Å². The fraction of sp³-hybridized carbons (Fsp3) is 1.00. The molecule has 1 aliphatic carbocycles. The molecule has 2 N–H and O–H groups in total. The molecule has 3 heteroatoms. The average Bonchev–Trinajstić information content (AvgIpc) is 2.61. The second-order valence-electron chi connectivity index (χ2n) is 4.76. The van der Waals surface area contributed by atoms with Crippen LogP contribution in [0.2, 0.25) is 0 Å². The lowest BCUT2D eigenvalue weighted by molar-refractivity contribution is 0.119. The van der Waals surface area contributed by atoms with Crippen molar-refractivity contribution >= 4 is 11.8 Å². The van der Waals surface area contributed by atoms with Crippen LogP contribution in [0.5, 0.6) is 0 Å². The molecule has 0 aromatic carbocycles. The van der Waals surface area contributed by atoms with E-state index in [1.165, 1.54) is 37.2 Å². The van der Waals surface area contributed by atoms with Gasteiger partial charge < -0.3 is 10.4 Å². The average molecular weight is 231 g/mol. The van der Waals surface area contributed by atoms with Gasteiger partial charge in [-0.1, -0.05) is 20.3 Å². The SMILES string of the molecule is CCSCCCNC1CCCC1(C)CO. The van der Waals surface area contributed by atoms with Crippen LogP contribution in [0.4, 0.5) is 0 Å². The second-order valence-corrected chi connectivity index (χ2v) is 6.16. The second kappa shape index (κ2) is 6.77. The van der Waals surface area contributed by atoms with Crippen molar-refractivity contribution in [2.75, 3.05) is 24.7 Å². The largest absolute Gasteiger partial charge is 0.396 e. The minimum Gasteiger partial charge on any atom is -0.396 e. The third-order valence-corrected chi connectivity index (χ3v) is 4.49. The third kappa shape index (κ3) is 3.97. The summed E-state index contributed by atoms with van der Waals surface area (Å²) in [5.74, 6) is 2.48. The molecule has 0 bridgehead atoms. The Hall–Kier alpha value is 0.270. The maximum Gasteiger partial charge on any atom is 0.0499 e. The molecule has 0 aromatic rings. The highest BCUT2D eigenvalue weighted by atomic mass is 32.2. The summed E-state index contributed by atoms with van der Waals surface area (Å²) in [6.07, 6.45) is 4.91. The van der Waals surface area contributed by atoms with E-state index in [0.29, 0.717) is 12.6 Å². The van der Waals surface area contributed by atoms with Gasteiger partial charge >= 0.3 is 0 Å². The molecule has 2 unspecified atom stereocenters. The predicted molar refractivity (Wildman–Crippen MR) is 68.5 cm³/mol. The lowest BCUT2D eigenvalue weighted by Crippen LogP contribution is -2.42. The molecule has 0 aromatic heterocycles. The minimum absolute atomic E-state index is 0.137. The Morgan fingerprint density at radius 2 is 2.33 bits per heavy atom. The van der Waals surface area contributed by atoms with Gasteiger partial charge in [0.1, 0.15) is 0 Å². The van der Waals surface area contributed by atoms with Crippen molar-refractivity contribution in [3.63, 3.8) is 0 Å². The number of aliphatic hydroxyl groups is 1. The van der Waals surface area contributed by atoms with Gasteiger partial charge in [0.15, 0.2) is 0 Å². The van der Waals surface area contributed by atoms with Gasteiger partial charge in [0, 0.05) is 18.1 Å². The fourth-order valence-electron chi connectivity index (χ4n) is 2.37. The van der Waals surface area contributed by atoms with Crippen LogP contribution in [-0.2, 0) is 0 Å². The van der Waals surface area contributed by atoms with Crippen LogP contribution in [-0.4, -0.2) is 35.8 Å². The number of hydrogen-bond donors (Lipinski definition) is 2. The molecule has 15 heavy (non-hydrogen) atoms. The van der Waals surface area contributed by atoms with Gasteiger partial charge in [-0.2, -0.15) is 11.8 Å². The molecule has 1 aliphatic rings. The van der Waals surface area contributed by atoms with Crippen molar-refractivity contribution in [3.8, 4) is 0 Å². The van der Waals surface area contributed by atoms with Gasteiger partial charge in [-0.3, -0.25) is 0 Å². The van der Waals surface area contributed by atoms with Gasteiger partial charge in [-0.15, -0.1) is 0 Å². The van der Waals surface area contributed by atoms with Crippen LogP contribution in [0.25, 0.3) is 0 Å². The standard InChI is InChI=1S/C12H25NOS/c1-3-15-9-5-8-13-11-6-4-7-12(11,2)10-14/h11,13-14H,3-10H2,1-2H3. The minimum atomic E-state index is 0.137. The van der Waals surface area contributed by atoms with Crippen molar-refractivity contribution in [1.82, 2.24) is 5.32 Å². The molecule has 1 fully saturated rings. The summed E-state index contributed by atoms with van der Waals surface area (Å²) in [6, 6.07) is 0.536. The Morgan fingerprint density at radius 1 is 1.53 bits per heavy atom. The number of aliphatic hydroxyl groups excluding tert-OH is 1. The molecular formula is C12H25NOS. The van der Waals surface area contributed by atoms with E-state index in [9.17, 15) is 5.11 Å². The van der Waals surface area contributed by atoms with Crippen molar-refractivity contribution < 1.29 is 5.11 Å². The van der Waals surface area contributed by atoms with Gasteiger partial charge in [0.05, 0.1) is 0 Å². The summed E-state index contributed by atoms with van der Waals surface area (Å²) < 4.78 is 0. The molecular weight excluding hydrogens is 206 g/mol. The van der Waals surface area contributed by atoms with E-state index in [1.807, 2.05) is 11.8 Å². The first kappa shape index (κ1) is 13.3. The van der Waals surface area contributed by atoms with E-state index in [0.717, 1.165) is 6.54 Å². The Morgan fingerprint density at radius 3 is 3.00 bits per heavy atom. The molecule has 1 saturated carbocycles. The summed E-state index contributed by atoms with van der Waals surface area (Å²) in [4.78, 5) is 0. The topological polar surface area (TPSA) is 32.3 Å². The maximum absolute atomic E-state index is 9.39. The molecule has 90 valence electrons. The smallest absolute Gasteiger partial charge is 0.0499 e. The normalized spacial score (nSPS) is 31.0. The number of rotatable bonds is 7. The molecule has 1 rings (SSSR count). The molecule has 0 spiro atoms. The zero-order valence-electron chi connectivity index (χ0n) is 10.1. The Bertz CT molecular complexity index is 177. The van der Waals surface area contributed by atoms with Crippen LogP contribution >= 0.6 is 11.8 Å². The van der Waals surface area contributed by atoms with E-state index in [4.69, 9.17) is 0 Å². The molecule has 0 saturated heterocycles. The summed E-state index contributed by atoms with van der Waals surface area (Å²) in [6.45, 7) is 5.85. The van der Waals surface area contributed by atoms with Crippen molar-refractivity contribution in [1.29, 1.82) is 0 Å². The van der Waals surface area contributed by atoms with E-state index in [2.05, 4.69) is 19.2 Å². The summed E-state index contributed by atoms with van der Waals surface area (Å²) in [5, 5.41) is 13.0. The quantitative estimate of drug-likeness (QED) is 0.659. The van der Waals surface area contributed by atoms with Crippen LogP contribution in [0.1, 0.15) is 39.5 Å². The zero-order chi connectivity index (χ0) is 11.1. The zero-order valence-corrected chi connectivity index (χ0v) is 10.9. The van der Waals surface area contributed by atoms with Gasteiger partial charge in [0.25, 0.3) is 0 Å². The molecule has 0 amide bonds. The monoisotopic (exact) mass is 231 g/mol. The summed E-state index contributed by atoms with van der Waals surface area (Å²) in [7, 11) is 0. The first-order chi connectivity index (χ1) is 7.23. The number of hydrogen-bond acceptors (Lipinski definition) is 3. The lowest BCUT2D eigenvalue weighted by Gasteiger charge is -2.30. The number of nitrogens with one attached hydrogen (secondary N) is 1.